The van der Waals surface area contributed by atoms with Crippen molar-refractivity contribution in [1.82, 2.24) is 9.80 Å². The summed E-state index contributed by atoms with van der Waals surface area (Å²) in [5.41, 5.74) is 6.61. The van der Waals surface area contributed by atoms with Gasteiger partial charge >= 0.3 is 0 Å². The largest absolute Gasteiger partial charge is 0.368 e. The van der Waals surface area contributed by atoms with Crippen molar-refractivity contribution in [2.24, 2.45) is 0 Å². The van der Waals surface area contributed by atoms with Gasteiger partial charge in [-0.3, -0.25) is 14.5 Å². The zero-order valence-corrected chi connectivity index (χ0v) is 19.7. The second-order valence-corrected chi connectivity index (χ2v) is 8.96. The number of benzene rings is 3. The maximum Gasteiger partial charge on any atom is 0.278 e. The Morgan fingerprint density at radius 2 is 1.29 bits per heavy atom. The molecule has 0 saturated carbocycles. The predicted octanol–water partition coefficient (Wildman–Crippen LogP) is 4.41. The number of rotatable bonds is 5. The summed E-state index contributed by atoms with van der Waals surface area (Å²) in [5, 5.41) is 0. The molecule has 5 nitrogen and oxygen atoms in total. The molecule has 0 radical (unpaired) electrons. The molecule has 5 rings (SSSR count). The van der Waals surface area contributed by atoms with Crippen LogP contribution < -0.4 is 4.90 Å². The first-order chi connectivity index (χ1) is 16.5. The maximum absolute atomic E-state index is 13.6. The van der Waals surface area contributed by atoms with Gasteiger partial charge in [-0.1, -0.05) is 72.8 Å². The van der Waals surface area contributed by atoms with Crippen LogP contribution in [-0.4, -0.2) is 47.8 Å². The smallest absolute Gasteiger partial charge is 0.278 e. The minimum absolute atomic E-state index is 0.201. The van der Waals surface area contributed by atoms with E-state index >= 15 is 0 Å². The van der Waals surface area contributed by atoms with Crippen molar-refractivity contribution in [3.63, 3.8) is 0 Å². The Balaban J connectivity index is 1.44. The van der Waals surface area contributed by atoms with Gasteiger partial charge in [-0.25, -0.2) is 0 Å². The number of aryl methyl sites for hydroxylation is 1. The van der Waals surface area contributed by atoms with E-state index in [0.717, 1.165) is 24.2 Å². The summed E-state index contributed by atoms with van der Waals surface area (Å²) in [6, 6.07) is 25.7. The van der Waals surface area contributed by atoms with Crippen molar-refractivity contribution in [2.75, 3.05) is 31.1 Å². The standard InChI is InChI=1S/C29H29N3O2/c1-21-10-9-15-25(22(21)2)30-16-18-31(19-17-30)27-26(24-13-7-4-8-14-24)28(33)32(29(27)34)20-23-11-5-3-6-12-23/h3-15H,16-20H2,1-2H3. The Hall–Kier alpha value is -3.86. The topological polar surface area (TPSA) is 43.9 Å². The molecule has 172 valence electrons. The minimum atomic E-state index is -0.216. The molecule has 5 heteroatoms. The lowest BCUT2D eigenvalue weighted by molar-refractivity contribution is -0.138. The quantitative estimate of drug-likeness (QED) is 0.539. The number of carbonyl (C=O) groups excluding carboxylic acids is 2. The molecule has 0 spiro atoms. The molecular weight excluding hydrogens is 422 g/mol. The van der Waals surface area contributed by atoms with Gasteiger partial charge in [0.25, 0.3) is 11.8 Å². The number of imide groups is 1. The number of hydrogen-bond acceptors (Lipinski definition) is 4. The van der Waals surface area contributed by atoms with Crippen molar-refractivity contribution < 1.29 is 9.59 Å². The van der Waals surface area contributed by atoms with Gasteiger partial charge in [0.15, 0.2) is 0 Å². The number of carbonyl (C=O) groups is 2. The highest BCUT2D eigenvalue weighted by molar-refractivity contribution is 6.35. The molecule has 0 aliphatic carbocycles. The number of hydrogen-bond donors (Lipinski definition) is 0. The van der Waals surface area contributed by atoms with Crippen LogP contribution in [-0.2, 0) is 16.1 Å². The maximum atomic E-state index is 13.6. The lowest BCUT2D eigenvalue weighted by Crippen LogP contribution is -2.47. The minimum Gasteiger partial charge on any atom is -0.368 e. The lowest BCUT2D eigenvalue weighted by Gasteiger charge is -2.38. The van der Waals surface area contributed by atoms with Gasteiger partial charge in [0.1, 0.15) is 5.70 Å². The molecule has 0 unspecified atom stereocenters. The highest BCUT2D eigenvalue weighted by Crippen LogP contribution is 2.34. The molecule has 1 fully saturated rings. The molecule has 0 N–H and O–H groups in total. The predicted molar refractivity (Wildman–Crippen MR) is 135 cm³/mol. The van der Waals surface area contributed by atoms with Crippen molar-refractivity contribution in [2.45, 2.75) is 20.4 Å². The van der Waals surface area contributed by atoms with E-state index in [1.807, 2.05) is 60.7 Å². The summed E-state index contributed by atoms with van der Waals surface area (Å²) in [6.07, 6.45) is 0. The molecule has 0 aromatic heterocycles. The average molecular weight is 452 g/mol. The third-order valence-corrected chi connectivity index (χ3v) is 6.90. The second-order valence-electron chi connectivity index (χ2n) is 8.96. The summed E-state index contributed by atoms with van der Waals surface area (Å²) >= 11 is 0. The molecule has 2 heterocycles. The zero-order valence-electron chi connectivity index (χ0n) is 19.7. The first kappa shape index (κ1) is 22.0. The first-order valence-electron chi connectivity index (χ1n) is 11.8. The van der Waals surface area contributed by atoms with Gasteiger partial charge in [-0.05, 0) is 42.2 Å². The van der Waals surface area contributed by atoms with Crippen LogP contribution in [0.25, 0.3) is 5.57 Å². The van der Waals surface area contributed by atoms with Crippen molar-refractivity contribution >= 4 is 23.1 Å². The summed E-state index contributed by atoms with van der Waals surface area (Å²) in [5.74, 6) is -0.417. The number of piperazine rings is 1. The third kappa shape index (κ3) is 3.98. The normalized spacial score (nSPS) is 16.6. The Kier molecular flexibility index (Phi) is 5.93. The first-order valence-corrected chi connectivity index (χ1v) is 11.8. The van der Waals surface area contributed by atoms with Gasteiger partial charge in [0.2, 0.25) is 0 Å². The number of anilines is 1. The van der Waals surface area contributed by atoms with E-state index in [-0.39, 0.29) is 18.4 Å². The van der Waals surface area contributed by atoms with E-state index in [1.54, 1.807) is 0 Å². The van der Waals surface area contributed by atoms with E-state index in [0.29, 0.717) is 24.4 Å². The Bertz CT molecular complexity index is 1240. The molecular formula is C29H29N3O2. The van der Waals surface area contributed by atoms with Crippen LogP contribution in [0.4, 0.5) is 5.69 Å². The summed E-state index contributed by atoms with van der Waals surface area (Å²) in [6.45, 7) is 7.56. The van der Waals surface area contributed by atoms with Crippen LogP contribution in [0.5, 0.6) is 0 Å². The van der Waals surface area contributed by atoms with Crippen LogP contribution in [0.2, 0.25) is 0 Å². The molecule has 0 atom stereocenters. The fourth-order valence-electron chi connectivity index (χ4n) is 4.88. The third-order valence-electron chi connectivity index (χ3n) is 6.90. The Morgan fingerprint density at radius 3 is 1.97 bits per heavy atom. The summed E-state index contributed by atoms with van der Waals surface area (Å²) in [7, 11) is 0. The second kappa shape index (κ2) is 9.18. The highest BCUT2D eigenvalue weighted by atomic mass is 16.2. The van der Waals surface area contributed by atoms with Crippen molar-refractivity contribution in [3.8, 4) is 0 Å². The van der Waals surface area contributed by atoms with Gasteiger partial charge < -0.3 is 9.80 Å². The van der Waals surface area contributed by atoms with Gasteiger partial charge in [-0.2, -0.15) is 0 Å². The fraction of sp³-hybridized carbons (Fsp3) is 0.241. The number of amides is 2. The molecule has 2 amide bonds. The molecule has 2 aliphatic rings. The van der Waals surface area contributed by atoms with E-state index in [9.17, 15) is 9.59 Å². The van der Waals surface area contributed by atoms with Crippen LogP contribution in [0.3, 0.4) is 0 Å². The van der Waals surface area contributed by atoms with E-state index in [1.165, 1.54) is 21.7 Å². The molecule has 1 saturated heterocycles. The fourth-order valence-corrected chi connectivity index (χ4v) is 4.88. The highest BCUT2D eigenvalue weighted by Gasteiger charge is 2.42. The van der Waals surface area contributed by atoms with Crippen LogP contribution in [0.1, 0.15) is 22.3 Å². The van der Waals surface area contributed by atoms with Gasteiger partial charge in [-0.15, -0.1) is 0 Å². The molecule has 0 bridgehead atoms. The van der Waals surface area contributed by atoms with Crippen molar-refractivity contribution in [3.05, 3.63) is 107 Å². The zero-order chi connectivity index (χ0) is 23.7. The summed E-state index contributed by atoms with van der Waals surface area (Å²) in [4.78, 5) is 33.1. The van der Waals surface area contributed by atoms with Crippen molar-refractivity contribution in [1.29, 1.82) is 0 Å². The number of nitrogens with zero attached hydrogens (tertiary/aromatic N) is 3. The monoisotopic (exact) mass is 451 g/mol. The molecule has 2 aliphatic heterocycles. The van der Waals surface area contributed by atoms with E-state index in [4.69, 9.17) is 0 Å². The van der Waals surface area contributed by atoms with Crippen LogP contribution >= 0.6 is 0 Å². The Labute approximate surface area is 200 Å². The summed E-state index contributed by atoms with van der Waals surface area (Å²) < 4.78 is 0. The van der Waals surface area contributed by atoms with Gasteiger partial charge in [0.05, 0.1) is 12.1 Å². The SMILES string of the molecule is Cc1cccc(N2CCN(C3=C(c4ccccc4)C(=O)N(Cc4ccccc4)C3=O)CC2)c1C. The Morgan fingerprint density at radius 1 is 0.676 bits per heavy atom. The molecule has 34 heavy (non-hydrogen) atoms. The van der Waals surface area contributed by atoms with E-state index in [2.05, 4.69) is 41.8 Å². The molecule has 3 aromatic rings. The van der Waals surface area contributed by atoms with Crippen LogP contribution in [0, 0.1) is 13.8 Å². The average Bonchev–Trinajstić information content (AvgIpc) is 3.12. The van der Waals surface area contributed by atoms with E-state index < -0.39 is 0 Å². The lowest BCUT2D eigenvalue weighted by atomic mass is 10.0. The van der Waals surface area contributed by atoms with Crippen LogP contribution in [0.15, 0.2) is 84.6 Å². The van der Waals surface area contributed by atoms with Gasteiger partial charge in [0, 0.05) is 31.9 Å². The molecule has 3 aromatic carbocycles.